The highest BCUT2D eigenvalue weighted by atomic mass is 16.7. The fourth-order valence-corrected chi connectivity index (χ4v) is 3.34. The molecule has 3 rings (SSSR count). The van der Waals surface area contributed by atoms with Crippen LogP contribution in [0.5, 0.6) is 0 Å². The molecule has 0 N–H and O–H groups in total. The van der Waals surface area contributed by atoms with Crippen LogP contribution in [0, 0.1) is 11.8 Å². The maximum Gasteiger partial charge on any atom is 0.313 e. The van der Waals surface area contributed by atoms with Gasteiger partial charge in [0.15, 0.2) is 11.6 Å². The van der Waals surface area contributed by atoms with E-state index in [1.807, 2.05) is 13.8 Å². The van der Waals surface area contributed by atoms with Gasteiger partial charge in [-0.25, -0.2) is 0 Å². The van der Waals surface area contributed by atoms with Crippen molar-refractivity contribution in [1.82, 2.24) is 0 Å². The summed E-state index contributed by atoms with van der Waals surface area (Å²) in [4.78, 5) is 23.6. The quantitative estimate of drug-likeness (QED) is 0.703. The molecule has 5 nitrogen and oxygen atoms in total. The van der Waals surface area contributed by atoms with E-state index in [1.165, 1.54) is 0 Å². The Kier molecular flexibility index (Phi) is 2.98. The summed E-state index contributed by atoms with van der Waals surface area (Å²) in [6.07, 6.45) is 2.12. The molecule has 0 radical (unpaired) electrons. The third-order valence-corrected chi connectivity index (χ3v) is 4.21. The van der Waals surface area contributed by atoms with E-state index in [0.29, 0.717) is 26.1 Å². The number of ketones is 1. The molecule has 0 aromatic heterocycles. The van der Waals surface area contributed by atoms with Crippen molar-refractivity contribution in [3.8, 4) is 0 Å². The summed E-state index contributed by atoms with van der Waals surface area (Å²) in [6.45, 7) is 4.80. The highest BCUT2D eigenvalue weighted by Crippen LogP contribution is 2.42. The van der Waals surface area contributed by atoms with Crippen LogP contribution < -0.4 is 0 Å². The van der Waals surface area contributed by atoms with Crippen molar-refractivity contribution in [3.05, 3.63) is 11.6 Å². The van der Waals surface area contributed by atoms with E-state index in [1.54, 1.807) is 6.08 Å². The predicted octanol–water partition coefficient (Wildman–Crippen LogP) is 1.22. The van der Waals surface area contributed by atoms with Gasteiger partial charge in [0.1, 0.15) is 6.10 Å². The Labute approximate surface area is 111 Å². The van der Waals surface area contributed by atoms with Crippen LogP contribution in [0.4, 0.5) is 0 Å². The lowest BCUT2D eigenvalue weighted by atomic mass is 9.76. The summed E-state index contributed by atoms with van der Waals surface area (Å²) in [7, 11) is 0. The lowest BCUT2D eigenvalue weighted by Crippen LogP contribution is -2.36. The van der Waals surface area contributed by atoms with Gasteiger partial charge in [-0.05, 0) is 19.9 Å². The number of allylic oxidation sites excluding steroid dienone is 1. The monoisotopic (exact) mass is 266 g/mol. The fraction of sp³-hybridized carbons (Fsp3) is 0.714. The fourth-order valence-electron chi connectivity index (χ4n) is 3.34. The van der Waals surface area contributed by atoms with Crippen molar-refractivity contribution < 1.29 is 23.8 Å². The summed E-state index contributed by atoms with van der Waals surface area (Å²) in [5, 5.41) is 0. The van der Waals surface area contributed by atoms with E-state index in [-0.39, 0.29) is 29.7 Å². The second kappa shape index (κ2) is 4.42. The van der Waals surface area contributed by atoms with E-state index in [9.17, 15) is 9.59 Å². The average Bonchev–Trinajstić information content (AvgIpc) is 2.85. The van der Waals surface area contributed by atoms with Crippen LogP contribution in [0.15, 0.2) is 11.6 Å². The number of carbonyl (C=O) groups excluding carboxylic acids is 2. The number of esters is 1. The van der Waals surface area contributed by atoms with Crippen molar-refractivity contribution in [2.24, 2.45) is 11.8 Å². The van der Waals surface area contributed by atoms with Gasteiger partial charge < -0.3 is 14.2 Å². The van der Waals surface area contributed by atoms with Gasteiger partial charge >= 0.3 is 5.97 Å². The molecule has 0 bridgehead atoms. The topological polar surface area (TPSA) is 61.8 Å². The molecule has 3 atom stereocenters. The molecule has 0 saturated carbocycles. The number of hydrogen-bond donors (Lipinski definition) is 0. The molecule has 0 aromatic rings. The van der Waals surface area contributed by atoms with Gasteiger partial charge in [0.2, 0.25) is 0 Å². The Morgan fingerprint density at radius 3 is 2.68 bits per heavy atom. The molecular weight excluding hydrogens is 248 g/mol. The standard InChI is InChI=1S/C14H18O5/c1-8-5-9(15)6-10-11(19-13(16)12(8)10)7-14(2)17-3-4-18-14/h5,10-12H,3-4,6-7H2,1-2H3/t10-,11-,12-/m1/s1. The van der Waals surface area contributed by atoms with E-state index in [2.05, 4.69) is 0 Å². The molecule has 0 spiro atoms. The third kappa shape index (κ3) is 2.21. The SMILES string of the molecule is CC1=CC(=O)C[C@H]2[C@@H]1C(=O)O[C@@H]2CC1(C)OCCO1. The number of carbonyl (C=O) groups is 2. The van der Waals surface area contributed by atoms with Gasteiger partial charge in [-0.2, -0.15) is 0 Å². The molecular formula is C14H18O5. The first-order valence-electron chi connectivity index (χ1n) is 6.68. The van der Waals surface area contributed by atoms with Crippen LogP contribution in [0.1, 0.15) is 26.7 Å². The maximum atomic E-state index is 12.0. The Hall–Kier alpha value is -1.20. The predicted molar refractivity (Wildman–Crippen MR) is 65.2 cm³/mol. The van der Waals surface area contributed by atoms with Crippen molar-refractivity contribution in [2.75, 3.05) is 13.2 Å². The Morgan fingerprint density at radius 1 is 1.32 bits per heavy atom. The molecule has 2 fully saturated rings. The minimum Gasteiger partial charge on any atom is -0.461 e. The second-order valence-electron chi connectivity index (χ2n) is 5.71. The average molecular weight is 266 g/mol. The lowest BCUT2D eigenvalue weighted by molar-refractivity contribution is -0.172. The molecule has 0 amide bonds. The van der Waals surface area contributed by atoms with Crippen molar-refractivity contribution in [1.29, 1.82) is 0 Å². The first-order valence-corrected chi connectivity index (χ1v) is 6.68. The van der Waals surface area contributed by atoms with Gasteiger partial charge in [0.05, 0.1) is 19.1 Å². The van der Waals surface area contributed by atoms with Crippen LogP contribution in [0.3, 0.4) is 0 Å². The number of ether oxygens (including phenoxy) is 3. The third-order valence-electron chi connectivity index (χ3n) is 4.21. The summed E-state index contributed by atoms with van der Waals surface area (Å²) < 4.78 is 16.6. The minimum absolute atomic E-state index is 0.0699. The summed E-state index contributed by atoms with van der Waals surface area (Å²) in [6, 6.07) is 0. The molecule has 5 heteroatoms. The molecule has 3 aliphatic rings. The van der Waals surface area contributed by atoms with Crippen LogP contribution in [0.25, 0.3) is 0 Å². The van der Waals surface area contributed by atoms with Crippen LogP contribution in [0.2, 0.25) is 0 Å². The number of fused-ring (bicyclic) bond motifs is 1. The van der Waals surface area contributed by atoms with Gasteiger partial charge in [-0.15, -0.1) is 0 Å². The van der Waals surface area contributed by atoms with Gasteiger partial charge in [-0.1, -0.05) is 5.57 Å². The zero-order chi connectivity index (χ0) is 13.6. The molecule has 2 aliphatic heterocycles. The van der Waals surface area contributed by atoms with Gasteiger partial charge in [0, 0.05) is 18.8 Å². The first-order chi connectivity index (χ1) is 8.98. The Balaban J connectivity index is 1.79. The summed E-state index contributed by atoms with van der Waals surface area (Å²) in [5.41, 5.74) is 0.812. The first kappa shape index (κ1) is 12.8. The van der Waals surface area contributed by atoms with Crippen molar-refractivity contribution in [3.63, 3.8) is 0 Å². The van der Waals surface area contributed by atoms with Crippen LogP contribution in [-0.4, -0.2) is 36.9 Å². The smallest absolute Gasteiger partial charge is 0.313 e. The molecule has 2 saturated heterocycles. The van der Waals surface area contributed by atoms with Crippen LogP contribution in [-0.2, 0) is 23.8 Å². The van der Waals surface area contributed by atoms with E-state index < -0.39 is 5.79 Å². The summed E-state index contributed by atoms with van der Waals surface area (Å²) in [5.74, 6) is -1.20. The lowest BCUT2D eigenvalue weighted by Gasteiger charge is -2.29. The van der Waals surface area contributed by atoms with Gasteiger partial charge in [-0.3, -0.25) is 9.59 Å². The van der Waals surface area contributed by atoms with E-state index in [0.717, 1.165) is 5.57 Å². The molecule has 104 valence electrons. The van der Waals surface area contributed by atoms with Crippen molar-refractivity contribution >= 4 is 11.8 Å². The minimum atomic E-state index is -0.696. The summed E-state index contributed by atoms with van der Waals surface area (Å²) >= 11 is 0. The highest BCUT2D eigenvalue weighted by molar-refractivity contribution is 5.95. The molecule has 0 unspecified atom stereocenters. The Bertz CT molecular complexity index is 447. The normalized spacial score (nSPS) is 36.9. The zero-order valence-corrected chi connectivity index (χ0v) is 11.2. The molecule has 1 aliphatic carbocycles. The molecule has 2 heterocycles. The number of hydrogen-bond acceptors (Lipinski definition) is 5. The van der Waals surface area contributed by atoms with Crippen molar-refractivity contribution in [2.45, 2.75) is 38.6 Å². The largest absolute Gasteiger partial charge is 0.461 e. The van der Waals surface area contributed by atoms with E-state index >= 15 is 0 Å². The highest BCUT2D eigenvalue weighted by Gasteiger charge is 2.50. The number of cyclic esters (lactones) is 1. The second-order valence-corrected chi connectivity index (χ2v) is 5.71. The van der Waals surface area contributed by atoms with E-state index in [4.69, 9.17) is 14.2 Å². The molecule has 19 heavy (non-hydrogen) atoms. The van der Waals surface area contributed by atoms with Crippen LogP contribution >= 0.6 is 0 Å². The number of rotatable bonds is 2. The zero-order valence-electron chi connectivity index (χ0n) is 11.2. The molecule has 0 aromatic carbocycles. The maximum absolute atomic E-state index is 12.0. The Morgan fingerprint density at radius 2 is 2.00 bits per heavy atom. The van der Waals surface area contributed by atoms with Gasteiger partial charge in [0.25, 0.3) is 0 Å².